The van der Waals surface area contributed by atoms with Crippen LogP contribution < -0.4 is 16.7 Å². The summed E-state index contributed by atoms with van der Waals surface area (Å²) in [7, 11) is 3.76. The van der Waals surface area contributed by atoms with Gasteiger partial charge in [-0.05, 0) is 6.42 Å². The Balaban J connectivity index is 3.70. The zero-order chi connectivity index (χ0) is 9.40. The van der Waals surface area contributed by atoms with Crippen LogP contribution in [0.2, 0.25) is 0 Å². The normalized spacial score (nSPS) is 11.9. The molecule has 0 saturated carbocycles. The summed E-state index contributed by atoms with van der Waals surface area (Å²) in [5.74, 6) is 5.84. The standard InChI is InChI=1S/C7H19N5/c1-4-5-6-9-7(10-8)11-12(2)3/h4-6,8H2,1-3H3,(H2,9,10,11). The van der Waals surface area contributed by atoms with Crippen LogP contribution in [0, 0.1) is 0 Å². The highest BCUT2D eigenvalue weighted by molar-refractivity contribution is 5.78. The molecule has 0 atom stereocenters. The third kappa shape index (κ3) is 5.94. The maximum absolute atomic E-state index is 5.23. The highest BCUT2D eigenvalue weighted by Gasteiger charge is 1.94. The van der Waals surface area contributed by atoms with Gasteiger partial charge < -0.3 is 0 Å². The van der Waals surface area contributed by atoms with Crippen LogP contribution >= 0.6 is 0 Å². The van der Waals surface area contributed by atoms with Crippen LogP contribution in [0.15, 0.2) is 4.99 Å². The molecular formula is C7H19N5. The Morgan fingerprint density at radius 1 is 1.50 bits per heavy atom. The van der Waals surface area contributed by atoms with Crippen LogP contribution in [0.5, 0.6) is 0 Å². The van der Waals surface area contributed by atoms with Crippen molar-refractivity contribution >= 4 is 5.96 Å². The van der Waals surface area contributed by atoms with Gasteiger partial charge in [-0.1, -0.05) is 13.3 Å². The third-order valence-electron chi connectivity index (χ3n) is 1.25. The zero-order valence-corrected chi connectivity index (χ0v) is 8.09. The van der Waals surface area contributed by atoms with Crippen LogP contribution in [-0.4, -0.2) is 31.6 Å². The molecule has 12 heavy (non-hydrogen) atoms. The van der Waals surface area contributed by atoms with Crippen LogP contribution in [-0.2, 0) is 0 Å². The molecule has 0 saturated heterocycles. The molecule has 0 aliphatic rings. The lowest BCUT2D eigenvalue weighted by Crippen LogP contribution is -2.47. The molecule has 0 spiro atoms. The minimum Gasteiger partial charge on any atom is -0.293 e. The summed E-state index contributed by atoms with van der Waals surface area (Å²) in [4.78, 5) is 4.20. The first-order valence-corrected chi connectivity index (χ1v) is 4.15. The molecule has 0 amide bonds. The molecule has 4 N–H and O–H groups in total. The number of aliphatic imine (C=N–C) groups is 1. The van der Waals surface area contributed by atoms with E-state index in [-0.39, 0.29) is 0 Å². The number of nitrogens with one attached hydrogen (secondary N) is 2. The minimum absolute atomic E-state index is 0.605. The summed E-state index contributed by atoms with van der Waals surface area (Å²) in [6.07, 6.45) is 2.23. The Kier molecular flexibility index (Phi) is 6.41. The van der Waals surface area contributed by atoms with E-state index in [9.17, 15) is 0 Å². The van der Waals surface area contributed by atoms with Crippen molar-refractivity contribution in [1.82, 2.24) is 15.9 Å². The van der Waals surface area contributed by atoms with E-state index in [1.807, 2.05) is 14.1 Å². The molecule has 0 fully saturated rings. The highest BCUT2D eigenvalue weighted by atomic mass is 15.5. The van der Waals surface area contributed by atoms with E-state index >= 15 is 0 Å². The van der Waals surface area contributed by atoms with Gasteiger partial charge >= 0.3 is 0 Å². The van der Waals surface area contributed by atoms with Gasteiger partial charge in [0.25, 0.3) is 0 Å². The highest BCUT2D eigenvalue weighted by Crippen LogP contribution is 1.86. The SMILES string of the molecule is CCCCN=C(NN)NN(C)C. The first-order valence-electron chi connectivity index (χ1n) is 4.15. The summed E-state index contributed by atoms with van der Waals surface area (Å²) >= 11 is 0. The van der Waals surface area contributed by atoms with Gasteiger partial charge in [0.2, 0.25) is 5.96 Å². The van der Waals surface area contributed by atoms with Crippen molar-refractivity contribution in [1.29, 1.82) is 0 Å². The zero-order valence-electron chi connectivity index (χ0n) is 8.09. The lowest BCUT2D eigenvalue weighted by atomic mass is 10.3. The van der Waals surface area contributed by atoms with E-state index < -0.39 is 0 Å². The molecule has 0 bridgehead atoms. The fourth-order valence-electron chi connectivity index (χ4n) is 0.674. The van der Waals surface area contributed by atoms with Gasteiger partial charge in [-0.15, -0.1) is 0 Å². The number of hydrazine groups is 2. The average Bonchev–Trinajstić information content (AvgIpc) is 2.02. The molecule has 5 heteroatoms. The Bertz CT molecular complexity index is 132. The van der Waals surface area contributed by atoms with Gasteiger partial charge in [-0.3, -0.25) is 15.8 Å². The smallest absolute Gasteiger partial charge is 0.220 e. The van der Waals surface area contributed by atoms with E-state index in [2.05, 4.69) is 22.8 Å². The Labute approximate surface area is 74.0 Å². The molecule has 72 valence electrons. The van der Waals surface area contributed by atoms with Crippen molar-refractivity contribution in [3.63, 3.8) is 0 Å². The predicted octanol–water partition coefficient (Wildman–Crippen LogP) is -0.328. The van der Waals surface area contributed by atoms with Gasteiger partial charge in [-0.25, -0.2) is 10.9 Å². The molecule has 0 aliphatic carbocycles. The maximum Gasteiger partial charge on any atom is 0.220 e. The second-order valence-electron chi connectivity index (χ2n) is 2.73. The first kappa shape index (κ1) is 11.2. The molecule has 0 aromatic carbocycles. The topological polar surface area (TPSA) is 65.7 Å². The fraction of sp³-hybridized carbons (Fsp3) is 0.857. The van der Waals surface area contributed by atoms with Gasteiger partial charge in [0.15, 0.2) is 0 Å². The maximum atomic E-state index is 5.23. The van der Waals surface area contributed by atoms with E-state index in [1.54, 1.807) is 5.01 Å². The molecule has 0 rings (SSSR count). The van der Waals surface area contributed by atoms with Crippen molar-refractivity contribution in [3.05, 3.63) is 0 Å². The molecule has 0 heterocycles. The second kappa shape index (κ2) is 6.87. The molecule has 0 aliphatic heterocycles. The molecule has 0 aromatic heterocycles. The van der Waals surface area contributed by atoms with Crippen LogP contribution in [0.1, 0.15) is 19.8 Å². The Hall–Kier alpha value is -0.810. The monoisotopic (exact) mass is 173 g/mol. The Morgan fingerprint density at radius 2 is 2.17 bits per heavy atom. The van der Waals surface area contributed by atoms with Gasteiger partial charge in [0.1, 0.15) is 0 Å². The number of hydrogen-bond donors (Lipinski definition) is 3. The van der Waals surface area contributed by atoms with E-state index in [1.165, 1.54) is 0 Å². The predicted molar refractivity (Wildman–Crippen MR) is 51.4 cm³/mol. The average molecular weight is 173 g/mol. The van der Waals surface area contributed by atoms with Crippen molar-refractivity contribution in [3.8, 4) is 0 Å². The molecule has 0 unspecified atom stereocenters. The summed E-state index contributed by atoms with van der Waals surface area (Å²) in [5.41, 5.74) is 5.43. The molecule has 0 aromatic rings. The number of nitrogens with zero attached hydrogens (tertiary/aromatic N) is 2. The van der Waals surface area contributed by atoms with Crippen LogP contribution in [0.25, 0.3) is 0 Å². The molecule has 5 nitrogen and oxygen atoms in total. The van der Waals surface area contributed by atoms with Gasteiger partial charge in [-0.2, -0.15) is 0 Å². The number of hydrogen-bond acceptors (Lipinski definition) is 3. The number of unbranched alkanes of at least 4 members (excludes halogenated alkanes) is 1. The fourth-order valence-corrected chi connectivity index (χ4v) is 0.674. The van der Waals surface area contributed by atoms with Gasteiger partial charge in [0.05, 0.1) is 0 Å². The van der Waals surface area contributed by atoms with Gasteiger partial charge in [0, 0.05) is 20.6 Å². The lowest BCUT2D eigenvalue weighted by molar-refractivity contribution is 0.355. The molecule has 0 radical (unpaired) electrons. The van der Waals surface area contributed by atoms with E-state index in [0.29, 0.717) is 5.96 Å². The third-order valence-corrected chi connectivity index (χ3v) is 1.25. The summed E-state index contributed by atoms with van der Waals surface area (Å²) in [6.45, 7) is 2.93. The quantitative estimate of drug-likeness (QED) is 0.179. The molecular weight excluding hydrogens is 154 g/mol. The Morgan fingerprint density at radius 3 is 2.58 bits per heavy atom. The van der Waals surface area contributed by atoms with Crippen LogP contribution in [0.4, 0.5) is 0 Å². The number of rotatable bonds is 4. The van der Waals surface area contributed by atoms with E-state index in [4.69, 9.17) is 5.84 Å². The summed E-state index contributed by atoms with van der Waals surface area (Å²) < 4.78 is 0. The lowest BCUT2D eigenvalue weighted by Gasteiger charge is -2.14. The minimum atomic E-state index is 0.605. The van der Waals surface area contributed by atoms with E-state index in [0.717, 1.165) is 19.4 Å². The largest absolute Gasteiger partial charge is 0.293 e. The van der Waals surface area contributed by atoms with Crippen molar-refractivity contribution in [2.75, 3.05) is 20.6 Å². The summed E-state index contributed by atoms with van der Waals surface area (Å²) in [5, 5.41) is 1.78. The number of nitrogens with two attached hydrogens (primary N) is 1. The second-order valence-corrected chi connectivity index (χ2v) is 2.73. The summed E-state index contributed by atoms with van der Waals surface area (Å²) in [6, 6.07) is 0. The van der Waals surface area contributed by atoms with Crippen molar-refractivity contribution in [2.24, 2.45) is 10.8 Å². The van der Waals surface area contributed by atoms with Crippen molar-refractivity contribution < 1.29 is 0 Å². The van der Waals surface area contributed by atoms with Crippen molar-refractivity contribution in [2.45, 2.75) is 19.8 Å². The first-order chi connectivity index (χ1) is 5.70. The number of guanidine groups is 1. The van der Waals surface area contributed by atoms with Crippen LogP contribution in [0.3, 0.4) is 0 Å².